The third-order valence-electron chi connectivity index (χ3n) is 2.67. The zero-order valence-corrected chi connectivity index (χ0v) is 10.2. The van der Waals surface area contributed by atoms with Crippen LogP contribution in [-0.4, -0.2) is 29.4 Å². The van der Waals surface area contributed by atoms with Gasteiger partial charge in [-0.05, 0) is 13.0 Å². The summed E-state index contributed by atoms with van der Waals surface area (Å²) in [5.41, 5.74) is 2.67. The number of nitrogens with zero attached hydrogens (tertiary/aromatic N) is 1. The molecule has 0 saturated carbocycles. The van der Waals surface area contributed by atoms with Gasteiger partial charge in [0.1, 0.15) is 0 Å². The van der Waals surface area contributed by atoms with Crippen molar-refractivity contribution in [3.05, 3.63) is 48.2 Å². The van der Waals surface area contributed by atoms with Gasteiger partial charge in [-0.25, -0.2) is 0 Å². The maximum Gasteiger partial charge on any atom is 0.256 e. The molecule has 1 aromatic heterocycles. The van der Waals surface area contributed by atoms with E-state index in [0.29, 0.717) is 12.1 Å². The average Bonchev–Trinajstić information content (AvgIpc) is 2.70. The Kier molecular flexibility index (Phi) is 3.00. The van der Waals surface area contributed by atoms with Gasteiger partial charge < -0.3 is 9.88 Å². The van der Waals surface area contributed by atoms with Gasteiger partial charge in [0.25, 0.3) is 5.91 Å². The zero-order chi connectivity index (χ0) is 12.4. The summed E-state index contributed by atoms with van der Waals surface area (Å²) in [6.45, 7) is 6.32. The van der Waals surface area contributed by atoms with Crippen molar-refractivity contribution in [3.8, 4) is 0 Å². The quantitative estimate of drug-likeness (QED) is 0.806. The van der Waals surface area contributed by atoms with Crippen molar-refractivity contribution in [2.75, 3.05) is 13.6 Å². The van der Waals surface area contributed by atoms with Gasteiger partial charge >= 0.3 is 0 Å². The molecule has 1 heterocycles. The van der Waals surface area contributed by atoms with Crippen molar-refractivity contribution in [2.24, 2.45) is 0 Å². The van der Waals surface area contributed by atoms with E-state index in [9.17, 15) is 4.79 Å². The van der Waals surface area contributed by atoms with Crippen molar-refractivity contribution in [1.82, 2.24) is 9.88 Å². The van der Waals surface area contributed by atoms with Gasteiger partial charge in [0.2, 0.25) is 0 Å². The molecule has 0 spiro atoms. The van der Waals surface area contributed by atoms with Crippen LogP contribution in [0.1, 0.15) is 17.3 Å². The van der Waals surface area contributed by atoms with Crippen molar-refractivity contribution in [3.63, 3.8) is 0 Å². The normalized spacial score (nSPS) is 10.5. The number of nitrogens with one attached hydrogen (secondary N) is 1. The molecule has 0 unspecified atom stereocenters. The molecule has 0 bridgehead atoms. The fraction of sp³-hybridized carbons (Fsp3) is 0.214. The van der Waals surface area contributed by atoms with Crippen LogP contribution in [0.5, 0.6) is 0 Å². The Balaban J connectivity index is 2.33. The maximum atomic E-state index is 12.2. The molecule has 17 heavy (non-hydrogen) atoms. The van der Waals surface area contributed by atoms with Crippen molar-refractivity contribution < 1.29 is 4.79 Å². The summed E-state index contributed by atoms with van der Waals surface area (Å²) >= 11 is 0. The number of carbonyl (C=O) groups is 1. The molecule has 0 fully saturated rings. The molecule has 88 valence electrons. The van der Waals surface area contributed by atoms with Gasteiger partial charge in [0.15, 0.2) is 0 Å². The van der Waals surface area contributed by atoms with Gasteiger partial charge in [0.05, 0.1) is 5.56 Å². The molecule has 1 amide bonds. The minimum absolute atomic E-state index is 0.0189. The Labute approximate surface area is 101 Å². The van der Waals surface area contributed by atoms with E-state index in [1.807, 2.05) is 31.2 Å². The molecule has 2 aromatic rings. The number of likely N-dealkylation sites (N-methyl/N-ethyl adjacent to an activating group) is 1. The molecule has 0 aliphatic carbocycles. The molecule has 3 nitrogen and oxygen atoms in total. The van der Waals surface area contributed by atoms with Crippen LogP contribution in [0.4, 0.5) is 0 Å². The fourth-order valence-corrected chi connectivity index (χ4v) is 1.93. The molecule has 0 radical (unpaired) electrons. The summed E-state index contributed by atoms with van der Waals surface area (Å²) in [7, 11) is 1.79. The molecule has 0 aliphatic heterocycles. The van der Waals surface area contributed by atoms with Crippen LogP contribution < -0.4 is 0 Å². The number of aromatic nitrogens is 1. The topological polar surface area (TPSA) is 36.1 Å². The van der Waals surface area contributed by atoms with E-state index >= 15 is 0 Å². The predicted octanol–water partition coefficient (Wildman–Crippen LogP) is 2.82. The summed E-state index contributed by atoms with van der Waals surface area (Å²) in [6.07, 6.45) is 1.77. The number of hydrogen-bond donors (Lipinski definition) is 1. The molecule has 0 saturated heterocycles. The molecule has 2 rings (SSSR count). The van der Waals surface area contributed by atoms with Gasteiger partial charge in [-0.15, -0.1) is 0 Å². The lowest BCUT2D eigenvalue weighted by Gasteiger charge is -2.16. The summed E-state index contributed by atoms with van der Waals surface area (Å²) < 4.78 is 0. The predicted molar refractivity (Wildman–Crippen MR) is 70.1 cm³/mol. The molecule has 3 heteroatoms. The van der Waals surface area contributed by atoms with Crippen molar-refractivity contribution >= 4 is 16.8 Å². The summed E-state index contributed by atoms with van der Waals surface area (Å²) in [5.74, 6) is 0.0189. The first-order chi connectivity index (χ1) is 8.09. The Morgan fingerprint density at radius 1 is 1.41 bits per heavy atom. The average molecular weight is 228 g/mol. The highest BCUT2D eigenvalue weighted by Crippen LogP contribution is 2.19. The summed E-state index contributed by atoms with van der Waals surface area (Å²) in [6, 6.07) is 7.80. The number of fused-ring (bicyclic) bond motifs is 1. The monoisotopic (exact) mass is 228 g/mol. The Morgan fingerprint density at radius 3 is 2.82 bits per heavy atom. The third kappa shape index (κ3) is 2.23. The largest absolute Gasteiger partial charge is 0.360 e. The number of para-hydroxylation sites is 1. The standard InChI is InChI=1S/C14H16N2O/c1-10(2)9-16(3)14(17)12-8-15-13-7-5-4-6-11(12)13/h4-8,15H,1,9H2,2-3H3. The highest BCUT2D eigenvalue weighted by atomic mass is 16.2. The smallest absolute Gasteiger partial charge is 0.256 e. The summed E-state index contributed by atoms with van der Waals surface area (Å²) in [5, 5.41) is 0.964. The van der Waals surface area contributed by atoms with Crippen LogP contribution in [-0.2, 0) is 0 Å². The fourth-order valence-electron chi connectivity index (χ4n) is 1.93. The van der Waals surface area contributed by atoms with E-state index in [1.165, 1.54) is 0 Å². The van der Waals surface area contributed by atoms with Crippen LogP contribution in [0, 0.1) is 0 Å². The van der Waals surface area contributed by atoms with Crippen molar-refractivity contribution in [2.45, 2.75) is 6.92 Å². The number of aromatic amines is 1. The van der Waals surface area contributed by atoms with Crippen LogP contribution in [0.3, 0.4) is 0 Å². The maximum absolute atomic E-state index is 12.2. The van der Waals surface area contributed by atoms with E-state index in [2.05, 4.69) is 11.6 Å². The number of H-pyrrole nitrogens is 1. The van der Waals surface area contributed by atoms with Gasteiger partial charge in [0, 0.05) is 30.7 Å². The highest BCUT2D eigenvalue weighted by molar-refractivity contribution is 6.06. The minimum Gasteiger partial charge on any atom is -0.360 e. The number of carbonyl (C=O) groups excluding carboxylic acids is 1. The van der Waals surface area contributed by atoms with Crippen LogP contribution in [0.2, 0.25) is 0 Å². The molecular weight excluding hydrogens is 212 g/mol. The SMILES string of the molecule is C=C(C)CN(C)C(=O)c1c[nH]c2ccccc12. The lowest BCUT2D eigenvalue weighted by Crippen LogP contribution is -2.27. The Morgan fingerprint density at radius 2 is 2.12 bits per heavy atom. The molecule has 0 atom stereocenters. The number of rotatable bonds is 3. The summed E-state index contributed by atoms with van der Waals surface area (Å²) in [4.78, 5) is 17.0. The second kappa shape index (κ2) is 4.45. The molecule has 0 aliphatic rings. The third-order valence-corrected chi connectivity index (χ3v) is 2.67. The number of amides is 1. The minimum atomic E-state index is 0.0189. The lowest BCUT2D eigenvalue weighted by molar-refractivity contribution is 0.0809. The first-order valence-electron chi connectivity index (χ1n) is 5.55. The van der Waals surface area contributed by atoms with E-state index in [4.69, 9.17) is 0 Å². The second-order valence-electron chi connectivity index (χ2n) is 4.37. The number of benzene rings is 1. The first kappa shape index (κ1) is 11.5. The van der Waals surface area contributed by atoms with E-state index in [-0.39, 0.29) is 5.91 Å². The van der Waals surface area contributed by atoms with Crippen molar-refractivity contribution in [1.29, 1.82) is 0 Å². The van der Waals surface area contributed by atoms with Gasteiger partial charge in [-0.1, -0.05) is 30.4 Å². The Hall–Kier alpha value is -2.03. The van der Waals surface area contributed by atoms with Gasteiger partial charge in [-0.2, -0.15) is 0 Å². The molecular formula is C14H16N2O. The van der Waals surface area contributed by atoms with Crippen LogP contribution in [0.15, 0.2) is 42.6 Å². The van der Waals surface area contributed by atoms with Crippen LogP contribution in [0.25, 0.3) is 10.9 Å². The number of hydrogen-bond acceptors (Lipinski definition) is 1. The first-order valence-corrected chi connectivity index (χ1v) is 5.55. The molecule has 1 N–H and O–H groups in total. The Bertz CT molecular complexity index is 568. The van der Waals surface area contributed by atoms with Crippen LogP contribution >= 0.6 is 0 Å². The highest BCUT2D eigenvalue weighted by Gasteiger charge is 2.15. The zero-order valence-electron chi connectivity index (χ0n) is 10.2. The second-order valence-corrected chi connectivity index (χ2v) is 4.37. The van der Waals surface area contributed by atoms with Gasteiger partial charge in [-0.3, -0.25) is 4.79 Å². The van der Waals surface area contributed by atoms with E-state index < -0.39 is 0 Å². The van der Waals surface area contributed by atoms with E-state index in [1.54, 1.807) is 18.1 Å². The van der Waals surface area contributed by atoms with E-state index in [0.717, 1.165) is 16.5 Å². The lowest BCUT2D eigenvalue weighted by atomic mass is 10.1. The molecule has 1 aromatic carbocycles.